The SMILES string of the molecule is CCN(CC(=O)O)C1CC(NC(=O)c2ccc(OC)cc2F)C1. The van der Waals surface area contributed by atoms with Gasteiger partial charge in [0.05, 0.1) is 19.2 Å². The highest BCUT2D eigenvalue weighted by atomic mass is 19.1. The minimum atomic E-state index is -0.861. The van der Waals surface area contributed by atoms with E-state index in [1.165, 1.54) is 25.3 Å². The Bertz CT molecular complexity index is 587. The first-order chi connectivity index (χ1) is 10.9. The molecule has 1 saturated carbocycles. The van der Waals surface area contributed by atoms with E-state index in [1.807, 2.05) is 11.8 Å². The molecule has 1 aliphatic rings. The van der Waals surface area contributed by atoms with E-state index in [0.29, 0.717) is 25.1 Å². The maximum absolute atomic E-state index is 13.8. The summed E-state index contributed by atoms with van der Waals surface area (Å²) in [4.78, 5) is 24.7. The van der Waals surface area contributed by atoms with Crippen molar-refractivity contribution in [2.75, 3.05) is 20.2 Å². The summed E-state index contributed by atoms with van der Waals surface area (Å²) in [6.07, 6.45) is 1.34. The lowest BCUT2D eigenvalue weighted by molar-refractivity contribution is -0.139. The Morgan fingerprint density at radius 1 is 1.43 bits per heavy atom. The number of hydrogen-bond donors (Lipinski definition) is 2. The summed E-state index contributed by atoms with van der Waals surface area (Å²) in [5.74, 6) is -1.59. The Labute approximate surface area is 134 Å². The third-order valence-corrected chi connectivity index (χ3v) is 4.13. The molecule has 0 radical (unpaired) electrons. The molecule has 0 spiro atoms. The number of carboxylic acid groups (broad SMARTS) is 1. The van der Waals surface area contributed by atoms with Gasteiger partial charge in [0.25, 0.3) is 5.91 Å². The predicted molar refractivity (Wildman–Crippen MR) is 82.1 cm³/mol. The molecule has 1 fully saturated rings. The molecule has 2 rings (SSSR count). The molecular formula is C16H21FN2O4. The first-order valence-corrected chi connectivity index (χ1v) is 7.54. The predicted octanol–water partition coefficient (Wildman–Crippen LogP) is 1.50. The first kappa shape index (κ1) is 17.2. The van der Waals surface area contributed by atoms with Gasteiger partial charge in [0.15, 0.2) is 0 Å². The average Bonchev–Trinajstić information content (AvgIpc) is 2.47. The van der Waals surface area contributed by atoms with Crippen molar-refractivity contribution < 1.29 is 23.8 Å². The van der Waals surface area contributed by atoms with Gasteiger partial charge in [-0.05, 0) is 31.5 Å². The Kier molecular flexibility index (Phi) is 5.54. The fraction of sp³-hybridized carbons (Fsp3) is 0.500. The van der Waals surface area contributed by atoms with Crippen molar-refractivity contribution in [1.29, 1.82) is 0 Å². The second kappa shape index (κ2) is 7.41. The monoisotopic (exact) mass is 324 g/mol. The van der Waals surface area contributed by atoms with Crippen molar-refractivity contribution in [2.24, 2.45) is 0 Å². The normalized spacial score (nSPS) is 20.0. The lowest BCUT2D eigenvalue weighted by Gasteiger charge is -2.42. The van der Waals surface area contributed by atoms with Crippen LogP contribution in [0, 0.1) is 5.82 Å². The van der Waals surface area contributed by atoms with Crippen LogP contribution >= 0.6 is 0 Å². The maximum atomic E-state index is 13.8. The Balaban J connectivity index is 1.87. The maximum Gasteiger partial charge on any atom is 0.317 e. The number of hydrogen-bond acceptors (Lipinski definition) is 4. The van der Waals surface area contributed by atoms with Crippen LogP contribution in [0.4, 0.5) is 4.39 Å². The largest absolute Gasteiger partial charge is 0.497 e. The van der Waals surface area contributed by atoms with Gasteiger partial charge in [0.1, 0.15) is 11.6 Å². The molecule has 0 heterocycles. The highest BCUT2D eigenvalue weighted by Crippen LogP contribution is 2.26. The molecule has 2 N–H and O–H groups in total. The molecule has 1 aromatic carbocycles. The molecule has 6 nitrogen and oxygen atoms in total. The van der Waals surface area contributed by atoms with Gasteiger partial charge in [-0.15, -0.1) is 0 Å². The summed E-state index contributed by atoms with van der Waals surface area (Å²) in [6, 6.07) is 4.18. The second-order valence-corrected chi connectivity index (χ2v) is 5.60. The van der Waals surface area contributed by atoms with Crippen molar-refractivity contribution in [1.82, 2.24) is 10.2 Å². The number of halogens is 1. The minimum Gasteiger partial charge on any atom is -0.497 e. The number of aliphatic carboxylic acids is 1. The van der Waals surface area contributed by atoms with E-state index in [2.05, 4.69) is 5.32 Å². The first-order valence-electron chi connectivity index (χ1n) is 7.54. The third-order valence-electron chi connectivity index (χ3n) is 4.13. The molecule has 7 heteroatoms. The molecule has 0 unspecified atom stereocenters. The number of benzene rings is 1. The molecule has 1 aliphatic carbocycles. The summed E-state index contributed by atoms with van der Waals surface area (Å²) in [5, 5.41) is 11.6. The zero-order valence-electron chi connectivity index (χ0n) is 13.2. The van der Waals surface area contributed by atoms with Gasteiger partial charge >= 0.3 is 5.97 Å². The molecule has 0 aromatic heterocycles. The van der Waals surface area contributed by atoms with Crippen LogP contribution in [-0.2, 0) is 4.79 Å². The molecule has 0 aliphatic heterocycles. The fourth-order valence-electron chi connectivity index (χ4n) is 2.75. The minimum absolute atomic E-state index is 0.00502. The van der Waals surface area contributed by atoms with Crippen LogP contribution in [0.15, 0.2) is 18.2 Å². The van der Waals surface area contributed by atoms with Crippen molar-refractivity contribution in [3.8, 4) is 5.75 Å². The molecule has 23 heavy (non-hydrogen) atoms. The number of likely N-dealkylation sites (N-methyl/N-ethyl adjacent to an activating group) is 1. The number of carbonyl (C=O) groups excluding carboxylic acids is 1. The summed E-state index contributed by atoms with van der Waals surface area (Å²) in [5.41, 5.74) is -0.0212. The van der Waals surface area contributed by atoms with Gasteiger partial charge in [-0.2, -0.15) is 0 Å². The smallest absolute Gasteiger partial charge is 0.317 e. The van der Waals surface area contributed by atoms with E-state index in [4.69, 9.17) is 9.84 Å². The van der Waals surface area contributed by atoms with Gasteiger partial charge in [0, 0.05) is 18.2 Å². The van der Waals surface area contributed by atoms with E-state index in [9.17, 15) is 14.0 Å². The topological polar surface area (TPSA) is 78.9 Å². The fourth-order valence-corrected chi connectivity index (χ4v) is 2.75. The molecular weight excluding hydrogens is 303 g/mol. The van der Waals surface area contributed by atoms with Crippen molar-refractivity contribution in [3.63, 3.8) is 0 Å². The number of rotatable bonds is 7. The zero-order valence-corrected chi connectivity index (χ0v) is 13.2. The quantitative estimate of drug-likeness (QED) is 0.795. The van der Waals surface area contributed by atoms with E-state index in [-0.39, 0.29) is 24.2 Å². The average molecular weight is 324 g/mol. The summed E-state index contributed by atoms with van der Waals surface area (Å²) in [6.45, 7) is 2.54. The number of carbonyl (C=O) groups is 2. The molecule has 0 atom stereocenters. The second-order valence-electron chi connectivity index (χ2n) is 5.60. The number of amides is 1. The van der Waals surface area contributed by atoms with Crippen LogP contribution in [0.1, 0.15) is 30.1 Å². The van der Waals surface area contributed by atoms with Gasteiger partial charge in [-0.1, -0.05) is 6.92 Å². The van der Waals surface area contributed by atoms with E-state index in [1.54, 1.807) is 0 Å². The van der Waals surface area contributed by atoms with Gasteiger partial charge in [0.2, 0.25) is 0 Å². The zero-order chi connectivity index (χ0) is 17.0. The molecule has 1 aromatic rings. The third kappa shape index (κ3) is 4.19. The highest BCUT2D eigenvalue weighted by molar-refractivity contribution is 5.94. The van der Waals surface area contributed by atoms with Crippen LogP contribution < -0.4 is 10.1 Å². The molecule has 0 bridgehead atoms. The lowest BCUT2D eigenvalue weighted by atomic mass is 9.85. The number of carboxylic acids is 1. The lowest BCUT2D eigenvalue weighted by Crippen LogP contribution is -2.54. The van der Waals surface area contributed by atoms with Gasteiger partial charge < -0.3 is 15.2 Å². The van der Waals surface area contributed by atoms with E-state index in [0.717, 1.165) is 0 Å². The summed E-state index contributed by atoms with van der Waals surface area (Å²) >= 11 is 0. The number of nitrogens with zero attached hydrogens (tertiary/aromatic N) is 1. The molecule has 0 saturated heterocycles. The van der Waals surface area contributed by atoms with Crippen LogP contribution in [0.3, 0.4) is 0 Å². The Hall–Kier alpha value is -2.15. The van der Waals surface area contributed by atoms with Gasteiger partial charge in [-0.3, -0.25) is 14.5 Å². The van der Waals surface area contributed by atoms with E-state index < -0.39 is 17.7 Å². The summed E-state index contributed by atoms with van der Waals surface area (Å²) < 4.78 is 18.8. The molecule has 126 valence electrons. The Morgan fingerprint density at radius 2 is 2.13 bits per heavy atom. The number of methoxy groups -OCH3 is 1. The number of ether oxygens (including phenoxy) is 1. The Morgan fingerprint density at radius 3 is 2.65 bits per heavy atom. The van der Waals surface area contributed by atoms with Crippen LogP contribution in [0.5, 0.6) is 5.75 Å². The van der Waals surface area contributed by atoms with Crippen LogP contribution in [-0.4, -0.2) is 54.2 Å². The van der Waals surface area contributed by atoms with Crippen LogP contribution in [0.25, 0.3) is 0 Å². The van der Waals surface area contributed by atoms with Crippen LogP contribution in [0.2, 0.25) is 0 Å². The number of nitrogens with one attached hydrogen (secondary N) is 1. The molecule has 1 amide bonds. The van der Waals surface area contributed by atoms with Crippen molar-refractivity contribution in [2.45, 2.75) is 31.8 Å². The van der Waals surface area contributed by atoms with Crippen molar-refractivity contribution >= 4 is 11.9 Å². The highest BCUT2D eigenvalue weighted by Gasteiger charge is 2.35. The van der Waals surface area contributed by atoms with Crippen molar-refractivity contribution in [3.05, 3.63) is 29.6 Å². The summed E-state index contributed by atoms with van der Waals surface area (Å²) in [7, 11) is 1.43. The standard InChI is InChI=1S/C16H21FN2O4/c1-3-19(9-15(20)21)11-6-10(7-11)18-16(22)13-5-4-12(23-2)8-14(13)17/h4-5,8,10-11H,3,6-7,9H2,1-2H3,(H,18,22)(H,20,21). The van der Waals surface area contributed by atoms with Gasteiger partial charge in [-0.25, -0.2) is 4.39 Å². The van der Waals surface area contributed by atoms with E-state index >= 15 is 0 Å².